The predicted octanol–water partition coefficient (Wildman–Crippen LogP) is 2.74. The van der Waals surface area contributed by atoms with E-state index in [9.17, 15) is 0 Å². The van der Waals surface area contributed by atoms with Crippen molar-refractivity contribution >= 4 is 10.9 Å². The lowest BCUT2D eigenvalue weighted by Crippen LogP contribution is -2.24. The molecule has 0 spiro atoms. The van der Waals surface area contributed by atoms with Crippen LogP contribution in [0.3, 0.4) is 0 Å². The van der Waals surface area contributed by atoms with Crippen molar-refractivity contribution in [2.24, 2.45) is 0 Å². The van der Waals surface area contributed by atoms with Crippen LogP contribution in [0.2, 0.25) is 0 Å². The summed E-state index contributed by atoms with van der Waals surface area (Å²) in [6.07, 6.45) is 2.55. The Balaban J connectivity index is 2.21. The number of hydrogen-bond donors (Lipinski definition) is 2. The number of H-pyrrole nitrogens is 1. The summed E-state index contributed by atoms with van der Waals surface area (Å²) < 4.78 is 5.44. The largest absolute Gasteiger partial charge is 0.495 e. The Morgan fingerprint density at radius 3 is 2.78 bits per heavy atom. The zero-order valence-corrected chi connectivity index (χ0v) is 11.3. The Hall–Kier alpha value is -1.48. The van der Waals surface area contributed by atoms with Gasteiger partial charge in [0.2, 0.25) is 0 Å². The fraction of sp³-hybridized carbons (Fsp3) is 0.467. The zero-order valence-electron chi connectivity index (χ0n) is 11.3. The van der Waals surface area contributed by atoms with Crippen LogP contribution in [0.15, 0.2) is 18.2 Å². The maximum Gasteiger partial charge on any atom is 0.142 e. The number of rotatable bonds is 4. The number of methoxy groups -OCH3 is 1. The fourth-order valence-corrected chi connectivity index (χ4v) is 3.18. The highest BCUT2D eigenvalue weighted by Crippen LogP contribution is 2.51. The van der Waals surface area contributed by atoms with Gasteiger partial charge in [-0.1, -0.05) is 12.1 Å². The smallest absolute Gasteiger partial charge is 0.142 e. The van der Waals surface area contributed by atoms with Gasteiger partial charge in [-0.3, -0.25) is 0 Å². The second-order valence-electron chi connectivity index (χ2n) is 5.32. The van der Waals surface area contributed by atoms with Crippen LogP contribution < -0.4 is 10.1 Å². The number of hydrogen-bond acceptors (Lipinski definition) is 2. The van der Waals surface area contributed by atoms with Crippen molar-refractivity contribution in [1.29, 1.82) is 0 Å². The SMILES string of the molecule is CNCC1(c2c(C)[nH]c3c(OC)cccc23)CC1. The average molecular weight is 244 g/mol. The van der Waals surface area contributed by atoms with Gasteiger partial charge in [-0.15, -0.1) is 0 Å². The van der Waals surface area contributed by atoms with Crippen LogP contribution in [-0.4, -0.2) is 25.7 Å². The van der Waals surface area contributed by atoms with E-state index in [0.717, 1.165) is 17.8 Å². The summed E-state index contributed by atoms with van der Waals surface area (Å²) in [5.41, 5.74) is 4.23. The highest BCUT2D eigenvalue weighted by molar-refractivity contribution is 5.91. The number of aryl methyl sites for hydroxylation is 1. The molecule has 3 heteroatoms. The summed E-state index contributed by atoms with van der Waals surface area (Å²) >= 11 is 0. The van der Waals surface area contributed by atoms with Gasteiger partial charge in [-0.2, -0.15) is 0 Å². The molecule has 1 fully saturated rings. The maximum absolute atomic E-state index is 5.44. The van der Waals surface area contributed by atoms with Gasteiger partial charge in [-0.25, -0.2) is 0 Å². The van der Waals surface area contributed by atoms with Crippen LogP contribution in [0.25, 0.3) is 10.9 Å². The van der Waals surface area contributed by atoms with Crippen molar-refractivity contribution < 1.29 is 4.74 Å². The molecule has 0 amide bonds. The maximum atomic E-state index is 5.44. The molecule has 0 radical (unpaired) electrons. The third-order valence-electron chi connectivity index (χ3n) is 4.10. The summed E-state index contributed by atoms with van der Waals surface area (Å²) in [4.78, 5) is 3.50. The van der Waals surface area contributed by atoms with E-state index in [0.29, 0.717) is 5.41 Å². The molecule has 1 heterocycles. The highest BCUT2D eigenvalue weighted by Gasteiger charge is 2.46. The molecule has 0 unspecified atom stereocenters. The average Bonchev–Trinajstić information content (AvgIpc) is 3.04. The molecule has 18 heavy (non-hydrogen) atoms. The van der Waals surface area contributed by atoms with E-state index in [1.807, 2.05) is 13.1 Å². The second kappa shape index (κ2) is 4.02. The summed E-state index contributed by atoms with van der Waals surface area (Å²) in [6, 6.07) is 6.29. The van der Waals surface area contributed by atoms with Crippen LogP contribution in [0.1, 0.15) is 24.1 Å². The first-order valence-electron chi connectivity index (χ1n) is 6.52. The molecule has 1 aromatic carbocycles. The van der Waals surface area contributed by atoms with Crippen LogP contribution in [0, 0.1) is 6.92 Å². The molecular weight excluding hydrogens is 224 g/mol. The first kappa shape index (κ1) is 11.6. The van der Waals surface area contributed by atoms with Crippen molar-refractivity contribution in [3.05, 3.63) is 29.5 Å². The number of likely N-dealkylation sites (N-methyl/N-ethyl adjacent to an activating group) is 1. The molecule has 1 saturated carbocycles. The van der Waals surface area contributed by atoms with Gasteiger partial charge in [-0.05, 0) is 38.4 Å². The Morgan fingerprint density at radius 1 is 1.39 bits per heavy atom. The Kier molecular flexibility index (Phi) is 2.59. The Labute approximate surface area is 108 Å². The van der Waals surface area contributed by atoms with Gasteiger partial charge in [0.05, 0.1) is 12.6 Å². The Bertz CT molecular complexity index is 581. The number of ether oxygens (including phenoxy) is 1. The number of aromatic nitrogens is 1. The molecule has 0 bridgehead atoms. The predicted molar refractivity (Wildman–Crippen MR) is 74.4 cm³/mol. The molecule has 0 aliphatic heterocycles. The summed E-state index contributed by atoms with van der Waals surface area (Å²) in [6.45, 7) is 3.22. The molecule has 0 atom stereocenters. The number of fused-ring (bicyclic) bond motifs is 1. The minimum atomic E-state index is 0.337. The van der Waals surface area contributed by atoms with Crippen LogP contribution >= 0.6 is 0 Å². The van der Waals surface area contributed by atoms with Gasteiger partial charge in [0.1, 0.15) is 5.75 Å². The van der Waals surface area contributed by atoms with Crippen molar-refractivity contribution in [1.82, 2.24) is 10.3 Å². The molecule has 96 valence electrons. The molecule has 1 aliphatic rings. The Morgan fingerprint density at radius 2 is 2.17 bits per heavy atom. The summed E-state index contributed by atoms with van der Waals surface area (Å²) in [5.74, 6) is 0.933. The quantitative estimate of drug-likeness (QED) is 0.867. The number of nitrogens with one attached hydrogen (secondary N) is 2. The summed E-state index contributed by atoms with van der Waals surface area (Å²) in [7, 11) is 3.76. The minimum absolute atomic E-state index is 0.337. The fourth-order valence-electron chi connectivity index (χ4n) is 3.18. The molecular formula is C15H20N2O. The zero-order chi connectivity index (χ0) is 12.8. The van der Waals surface area contributed by atoms with E-state index in [1.165, 1.54) is 29.5 Å². The van der Waals surface area contributed by atoms with E-state index >= 15 is 0 Å². The monoisotopic (exact) mass is 244 g/mol. The second-order valence-corrected chi connectivity index (χ2v) is 5.32. The molecule has 2 aromatic rings. The third-order valence-corrected chi connectivity index (χ3v) is 4.10. The van der Waals surface area contributed by atoms with E-state index in [4.69, 9.17) is 4.74 Å². The van der Waals surface area contributed by atoms with Gasteiger partial charge in [0.25, 0.3) is 0 Å². The number of aromatic amines is 1. The van der Waals surface area contributed by atoms with E-state index in [2.05, 4.69) is 29.4 Å². The van der Waals surface area contributed by atoms with Crippen molar-refractivity contribution in [3.63, 3.8) is 0 Å². The first-order chi connectivity index (χ1) is 8.72. The lowest BCUT2D eigenvalue weighted by molar-refractivity contribution is 0.419. The van der Waals surface area contributed by atoms with Crippen LogP contribution in [0.5, 0.6) is 5.75 Å². The topological polar surface area (TPSA) is 37.0 Å². The minimum Gasteiger partial charge on any atom is -0.495 e. The van der Waals surface area contributed by atoms with Crippen LogP contribution in [-0.2, 0) is 5.41 Å². The lowest BCUT2D eigenvalue weighted by Gasteiger charge is -2.15. The molecule has 3 nitrogen and oxygen atoms in total. The van der Waals surface area contributed by atoms with Gasteiger partial charge in [0, 0.05) is 23.0 Å². The normalized spacial score (nSPS) is 17.1. The van der Waals surface area contributed by atoms with Gasteiger partial charge >= 0.3 is 0 Å². The number of benzene rings is 1. The van der Waals surface area contributed by atoms with E-state index in [1.54, 1.807) is 7.11 Å². The van der Waals surface area contributed by atoms with Crippen molar-refractivity contribution in [2.45, 2.75) is 25.2 Å². The third kappa shape index (κ3) is 1.54. The first-order valence-corrected chi connectivity index (χ1v) is 6.52. The molecule has 3 rings (SSSR count). The van der Waals surface area contributed by atoms with Gasteiger partial charge < -0.3 is 15.0 Å². The van der Waals surface area contributed by atoms with Gasteiger partial charge in [0.15, 0.2) is 0 Å². The van der Waals surface area contributed by atoms with Crippen LogP contribution in [0.4, 0.5) is 0 Å². The molecule has 0 saturated heterocycles. The molecule has 1 aliphatic carbocycles. The van der Waals surface area contributed by atoms with Crippen molar-refractivity contribution in [3.8, 4) is 5.75 Å². The summed E-state index contributed by atoms with van der Waals surface area (Å²) in [5, 5.41) is 4.65. The van der Waals surface area contributed by atoms with E-state index in [-0.39, 0.29) is 0 Å². The standard InChI is InChI=1S/C15H20N2O/c1-10-13(15(7-8-15)9-16-2)11-5-4-6-12(18-3)14(11)17-10/h4-6,16-17H,7-9H2,1-3H3. The molecule has 1 aromatic heterocycles. The highest BCUT2D eigenvalue weighted by atomic mass is 16.5. The number of para-hydroxylation sites is 1. The molecule has 2 N–H and O–H groups in total. The van der Waals surface area contributed by atoms with Crippen molar-refractivity contribution in [2.75, 3.05) is 20.7 Å². The lowest BCUT2D eigenvalue weighted by atomic mass is 9.93. The van der Waals surface area contributed by atoms with E-state index < -0.39 is 0 Å².